The van der Waals surface area contributed by atoms with Crippen molar-refractivity contribution in [3.63, 3.8) is 0 Å². The summed E-state index contributed by atoms with van der Waals surface area (Å²) in [6.45, 7) is 6.58. The normalized spacial score (nSPS) is 12.3. The first kappa shape index (κ1) is 72.4. The van der Waals surface area contributed by atoms with E-state index in [4.69, 9.17) is 14.2 Å². The molecule has 0 fully saturated rings. The van der Waals surface area contributed by atoms with Crippen molar-refractivity contribution in [1.82, 2.24) is 0 Å². The highest BCUT2D eigenvalue weighted by Gasteiger charge is 2.19. The number of allylic oxidation sites excluding steroid dienone is 8. The zero-order chi connectivity index (χ0) is 54.3. The van der Waals surface area contributed by atoms with E-state index < -0.39 is 6.10 Å². The molecule has 0 saturated heterocycles. The number of esters is 3. The Morgan fingerprint density at radius 2 is 0.520 bits per heavy atom. The van der Waals surface area contributed by atoms with Crippen LogP contribution in [0.1, 0.15) is 355 Å². The summed E-state index contributed by atoms with van der Waals surface area (Å²) in [5.74, 6) is -0.840. The number of unbranched alkanes of at least 4 members (excludes halogenated alkanes) is 42. The fraction of sp³-hybridized carbons (Fsp3) is 0.841. The second-order valence-corrected chi connectivity index (χ2v) is 22.4. The Kier molecular flexibility index (Phi) is 61.7. The number of hydrogen-bond acceptors (Lipinski definition) is 6. The molecule has 0 N–H and O–H groups in total. The van der Waals surface area contributed by atoms with E-state index in [9.17, 15) is 14.4 Å². The van der Waals surface area contributed by atoms with Crippen molar-refractivity contribution in [2.24, 2.45) is 0 Å². The second kappa shape index (κ2) is 63.9. The van der Waals surface area contributed by atoms with E-state index in [0.29, 0.717) is 19.3 Å². The fourth-order valence-electron chi connectivity index (χ4n) is 9.91. The molecule has 0 aliphatic carbocycles. The smallest absolute Gasteiger partial charge is 0.306 e. The topological polar surface area (TPSA) is 78.9 Å². The monoisotopic (exact) mass is 1050 g/mol. The predicted octanol–water partition coefficient (Wildman–Crippen LogP) is 22.6. The third-order valence-electron chi connectivity index (χ3n) is 14.8. The Labute approximate surface area is 467 Å². The van der Waals surface area contributed by atoms with E-state index in [1.54, 1.807) is 0 Å². The van der Waals surface area contributed by atoms with Gasteiger partial charge in [0.2, 0.25) is 0 Å². The molecule has 0 rings (SSSR count). The number of hydrogen-bond donors (Lipinski definition) is 0. The summed E-state index contributed by atoms with van der Waals surface area (Å²) in [5.41, 5.74) is 0. The van der Waals surface area contributed by atoms with Crippen molar-refractivity contribution in [1.29, 1.82) is 0 Å². The van der Waals surface area contributed by atoms with Gasteiger partial charge in [-0.05, 0) is 57.8 Å². The first-order valence-electron chi connectivity index (χ1n) is 33.1. The van der Waals surface area contributed by atoms with Gasteiger partial charge in [0.05, 0.1) is 0 Å². The molecule has 0 aliphatic rings. The summed E-state index contributed by atoms with van der Waals surface area (Å²) in [6, 6.07) is 0. The molecule has 0 aromatic heterocycles. The Balaban J connectivity index is 4.10. The zero-order valence-corrected chi connectivity index (χ0v) is 50.3. The molecule has 0 spiro atoms. The number of rotatable bonds is 61. The summed E-state index contributed by atoms with van der Waals surface area (Å²) < 4.78 is 16.9. The highest BCUT2D eigenvalue weighted by Crippen LogP contribution is 2.18. The lowest BCUT2D eigenvalue weighted by Gasteiger charge is -2.18. The van der Waals surface area contributed by atoms with E-state index in [0.717, 1.165) is 83.5 Å². The first-order valence-corrected chi connectivity index (χ1v) is 33.1. The highest BCUT2D eigenvalue weighted by atomic mass is 16.6. The zero-order valence-electron chi connectivity index (χ0n) is 50.3. The summed E-state index contributed by atoms with van der Waals surface area (Å²) >= 11 is 0. The maximum Gasteiger partial charge on any atom is 0.306 e. The number of carbonyl (C=O) groups is 3. The van der Waals surface area contributed by atoms with E-state index in [2.05, 4.69) is 69.4 Å². The molecular formula is C69H126O6. The van der Waals surface area contributed by atoms with Crippen molar-refractivity contribution in [2.75, 3.05) is 13.2 Å². The minimum Gasteiger partial charge on any atom is -0.462 e. The lowest BCUT2D eigenvalue weighted by molar-refractivity contribution is -0.167. The number of carbonyl (C=O) groups excluding carboxylic acids is 3. The Morgan fingerprint density at radius 3 is 0.813 bits per heavy atom. The lowest BCUT2D eigenvalue weighted by atomic mass is 10.0. The van der Waals surface area contributed by atoms with Crippen LogP contribution in [0.2, 0.25) is 0 Å². The second-order valence-electron chi connectivity index (χ2n) is 22.4. The van der Waals surface area contributed by atoms with Gasteiger partial charge in [-0.2, -0.15) is 0 Å². The molecule has 0 bridgehead atoms. The van der Waals surface area contributed by atoms with E-state index in [-0.39, 0.29) is 31.1 Å². The van der Waals surface area contributed by atoms with Crippen LogP contribution >= 0.6 is 0 Å². The van der Waals surface area contributed by atoms with Gasteiger partial charge in [-0.25, -0.2) is 0 Å². The molecule has 6 heteroatoms. The molecule has 0 heterocycles. The molecule has 0 aromatic rings. The van der Waals surface area contributed by atoms with Crippen LogP contribution in [0.5, 0.6) is 0 Å². The molecule has 0 amide bonds. The maximum absolute atomic E-state index is 12.9. The van der Waals surface area contributed by atoms with E-state index in [1.165, 1.54) is 231 Å². The quantitative estimate of drug-likeness (QED) is 0.0261. The SMILES string of the molecule is CC/C=C\C/C=C\C/C=C\C/C=C\CCCCCCCCCCCCCCCCCCCCC(=O)OCC(COC(=O)CCCCCCCCCCCCCCC)OC(=O)CCCCCCCCCCCCCCC. The predicted molar refractivity (Wildman–Crippen MR) is 325 cm³/mol. The van der Waals surface area contributed by atoms with Gasteiger partial charge in [0, 0.05) is 19.3 Å². The van der Waals surface area contributed by atoms with Crippen LogP contribution < -0.4 is 0 Å². The first-order chi connectivity index (χ1) is 37.0. The fourth-order valence-corrected chi connectivity index (χ4v) is 9.91. The van der Waals surface area contributed by atoms with Crippen LogP contribution in [-0.4, -0.2) is 37.2 Å². The van der Waals surface area contributed by atoms with Crippen molar-refractivity contribution in [3.8, 4) is 0 Å². The molecular weight excluding hydrogens is 925 g/mol. The summed E-state index contributed by atoms with van der Waals surface area (Å²) in [7, 11) is 0. The van der Waals surface area contributed by atoms with Gasteiger partial charge in [-0.15, -0.1) is 0 Å². The van der Waals surface area contributed by atoms with Crippen molar-refractivity contribution in [2.45, 2.75) is 361 Å². The van der Waals surface area contributed by atoms with Crippen LogP contribution in [0.25, 0.3) is 0 Å². The van der Waals surface area contributed by atoms with Crippen molar-refractivity contribution in [3.05, 3.63) is 48.6 Å². The van der Waals surface area contributed by atoms with Crippen LogP contribution in [0.15, 0.2) is 48.6 Å². The minimum atomic E-state index is -0.766. The molecule has 1 atom stereocenters. The van der Waals surface area contributed by atoms with Gasteiger partial charge in [0.25, 0.3) is 0 Å². The van der Waals surface area contributed by atoms with Gasteiger partial charge >= 0.3 is 17.9 Å². The standard InChI is InChI=1S/C69H126O6/c1-4-7-10-13-16-19-22-25-26-27-28-29-30-31-32-33-34-35-36-37-38-39-40-41-42-45-47-50-53-56-59-62-68(71)74-65-66(75-69(72)63-60-57-54-51-48-44-24-21-18-15-12-9-6-3)64-73-67(70)61-58-55-52-49-46-43-23-20-17-14-11-8-5-2/h7,10,16,19,25-26,28-29,66H,4-6,8-9,11-15,17-18,20-24,27,30-65H2,1-3H3/b10-7-,19-16-,26-25-,29-28-. The average Bonchev–Trinajstić information content (AvgIpc) is 3.41. The van der Waals surface area contributed by atoms with E-state index >= 15 is 0 Å². The minimum absolute atomic E-state index is 0.0653. The molecule has 0 saturated carbocycles. The molecule has 0 aliphatic heterocycles. The largest absolute Gasteiger partial charge is 0.462 e. The molecule has 0 radical (unpaired) electrons. The van der Waals surface area contributed by atoms with Gasteiger partial charge < -0.3 is 14.2 Å². The Hall–Kier alpha value is -2.63. The molecule has 75 heavy (non-hydrogen) atoms. The van der Waals surface area contributed by atoms with Crippen molar-refractivity contribution >= 4 is 17.9 Å². The number of ether oxygens (including phenoxy) is 3. The van der Waals surface area contributed by atoms with E-state index in [1.807, 2.05) is 0 Å². The summed E-state index contributed by atoms with van der Waals surface area (Å²) in [5, 5.41) is 0. The van der Waals surface area contributed by atoms with Crippen molar-refractivity contribution < 1.29 is 28.6 Å². The summed E-state index contributed by atoms with van der Waals surface area (Å²) in [4.78, 5) is 38.2. The summed E-state index contributed by atoms with van der Waals surface area (Å²) in [6.07, 6.45) is 79.9. The van der Waals surface area contributed by atoms with Gasteiger partial charge in [0.1, 0.15) is 13.2 Å². The van der Waals surface area contributed by atoms with Crippen LogP contribution in [0, 0.1) is 0 Å². The Bertz CT molecular complexity index is 1300. The van der Waals surface area contributed by atoms with Gasteiger partial charge in [0.15, 0.2) is 6.10 Å². The molecule has 0 aromatic carbocycles. The lowest BCUT2D eigenvalue weighted by Crippen LogP contribution is -2.30. The highest BCUT2D eigenvalue weighted by molar-refractivity contribution is 5.71. The molecule has 1 unspecified atom stereocenters. The van der Waals surface area contributed by atoms with Crippen LogP contribution in [-0.2, 0) is 28.6 Å². The van der Waals surface area contributed by atoms with Crippen LogP contribution in [0.3, 0.4) is 0 Å². The average molecular weight is 1050 g/mol. The van der Waals surface area contributed by atoms with Crippen LogP contribution in [0.4, 0.5) is 0 Å². The third-order valence-corrected chi connectivity index (χ3v) is 14.8. The molecule has 6 nitrogen and oxygen atoms in total. The Morgan fingerprint density at radius 1 is 0.280 bits per heavy atom. The van der Waals surface area contributed by atoms with Gasteiger partial charge in [-0.3, -0.25) is 14.4 Å². The molecule has 438 valence electrons. The van der Waals surface area contributed by atoms with Gasteiger partial charge in [-0.1, -0.05) is 326 Å². The third kappa shape index (κ3) is 62.1. The maximum atomic E-state index is 12.9.